The molecule has 1 N–H and O–H groups in total. The second kappa shape index (κ2) is 6.07. The molecule has 1 unspecified atom stereocenters. The van der Waals surface area contributed by atoms with Crippen LogP contribution in [0.5, 0.6) is 0 Å². The van der Waals surface area contributed by atoms with Crippen LogP contribution in [-0.2, 0) is 11.3 Å². The lowest BCUT2D eigenvalue weighted by molar-refractivity contribution is -0.129. The molecule has 3 amide bonds. The number of hydrogen-bond donors (Lipinski definition) is 1. The van der Waals surface area contributed by atoms with Crippen LogP contribution in [0.4, 0.5) is 4.79 Å². The highest BCUT2D eigenvalue weighted by atomic mass is 32.1. The molecule has 1 aliphatic rings. The molecule has 1 heterocycles. The van der Waals surface area contributed by atoms with Crippen LogP contribution in [0, 0.1) is 0 Å². The van der Waals surface area contributed by atoms with Gasteiger partial charge in [-0.3, -0.25) is 9.69 Å². The van der Waals surface area contributed by atoms with Gasteiger partial charge in [0.05, 0.1) is 6.54 Å². The van der Waals surface area contributed by atoms with Crippen LogP contribution in [-0.4, -0.2) is 21.8 Å². The van der Waals surface area contributed by atoms with Gasteiger partial charge in [0.2, 0.25) is 5.91 Å². The van der Waals surface area contributed by atoms with Crippen LogP contribution in [0.3, 0.4) is 0 Å². The van der Waals surface area contributed by atoms with Gasteiger partial charge in [-0.15, -0.1) is 0 Å². The first-order valence-corrected chi connectivity index (χ1v) is 7.33. The van der Waals surface area contributed by atoms with Crippen LogP contribution in [0.15, 0.2) is 60.7 Å². The zero-order valence-corrected chi connectivity index (χ0v) is 12.5. The molecule has 0 aromatic heterocycles. The smallest absolute Gasteiger partial charge is 0.301 e. The van der Waals surface area contributed by atoms with Crippen LogP contribution in [0.2, 0.25) is 0 Å². The Hall–Kier alpha value is -2.53. The number of urea groups is 1. The number of amides is 3. The quantitative estimate of drug-likeness (QED) is 0.887. The second-order valence-corrected chi connectivity index (χ2v) is 5.49. The number of carbonyl (C=O) groups excluding carboxylic acids is 2. The minimum absolute atomic E-state index is 0.234. The fraction of sp³-hybridized carbons (Fsp3) is 0.118. The Morgan fingerprint density at radius 1 is 0.955 bits per heavy atom. The summed E-state index contributed by atoms with van der Waals surface area (Å²) in [6.07, 6.45) is 0. The molecule has 1 saturated heterocycles. The Kier molecular flexibility index (Phi) is 3.98. The summed E-state index contributed by atoms with van der Waals surface area (Å²) in [6, 6.07) is 18.2. The maximum absolute atomic E-state index is 12.7. The van der Waals surface area contributed by atoms with E-state index in [0.717, 1.165) is 11.1 Å². The lowest BCUT2D eigenvalue weighted by atomic mass is 9.95. The third-order valence-corrected chi connectivity index (χ3v) is 3.90. The van der Waals surface area contributed by atoms with Crippen molar-refractivity contribution in [2.75, 3.05) is 0 Å². The molecular formula is C17H14N2O2S. The van der Waals surface area contributed by atoms with Gasteiger partial charge in [0.15, 0.2) is 0 Å². The number of hydrogen-bond acceptors (Lipinski definition) is 3. The Labute approximate surface area is 133 Å². The van der Waals surface area contributed by atoms with E-state index in [4.69, 9.17) is 12.2 Å². The maximum atomic E-state index is 12.7. The Morgan fingerprint density at radius 2 is 1.55 bits per heavy atom. The van der Waals surface area contributed by atoms with Crippen LogP contribution < -0.4 is 5.32 Å². The molecule has 110 valence electrons. The third kappa shape index (κ3) is 2.76. The molecule has 0 bridgehead atoms. The number of carbonyl (C=O) groups is 2. The zero-order chi connectivity index (χ0) is 15.5. The average Bonchev–Trinajstić information content (AvgIpc) is 2.53. The lowest BCUT2D eigenvalue weighted by Gasteiger charge is -2.32. The summed E-state index contributed by atoms with van der Waals surface area (Å²) in [7, 11) is 0. The van der Waals surface area contributed by atoms with Crippen molar-refractivity contribution < 1.29 is 9.59 Å². The zero-order valence-electron chi connectivity index (χ0n) is 11.7. The molecule has 1 fully saturated rings. The predicted octanol–water partition coefficient (Wildman–Crippen LogP) is 2.85. The summed E-state index contributed by atoms with van der Waals surface area (Å²) in [4.78, 5) is 26.3. The van der Waals surface area contributed by atoms with E-state index in [0.29, 0.717) is 0 Å². The molecule has 2 aromatic rings. The molecule has 4 nitrogen and oxygen atoms in total. The fourth-order valence-corrected chi connectivity index (χ4v) is 2.79. The standard InChI is InChI=1S/C17H14N2O2S/c20-16-14(13-9-5-2-6-10-13)15(22)18-17(21)19(16)11-12-7-3-1-4-8-12/h1-10,14H,11H2,(H,18,21,22). The van der Waals surface area contributed by atoms with E-state index in [1.807, 2.05) is 60.7 Å². The second-order valence-electron chi connectivity index (χ2n) is 5.05. The average molecular weight is 310 g/mol. The van der Waals surface area contributed by atoms with Crippen molar-refractivity contribution in [3.63, 3.8) is 0 Å². The number of thiocarbonyl (C=S) groups is 1. The van der Waals surface area contributed by atoms with Gasteiger partial charge in [0, 0.05) is 0 Å². The van der Waals surface area contributed by atoms with Crippen molar-refractivity contribution in [1.82, 2.24) is 10.2 Å². The van der Waals surface area contributed by atoms with E-state index < -0.39 is 11.9 Å². The van der Waals surface area contributed by atoms with E-state index >= 15 is 0 Å². The molecule has 1 aliphatic heterocycles. The topological polar surface area (TPSA) is 49.4 Å². The first-order chi connectivity index (χ1) is 10.7. The van der Waals surface area contributed by atoms with Crippen LogP contribution >= 0.6 is 12.2 Å². The minimum atomic E-state index is -0.613. The molecule has 3 rings (SSSR count). The van der Waals surface area contributed by atoms with E-state index in [-0.39, 0.29) is 17.4 Å². The van der Waals surface area contributed by atoms with E-state index in [1.54, 1.807) is 0 Å². The number of rotatable bonds is 3. The summed E-state index contributed by atoms with van der Waals surface area (Å²) >= 11 is 5.20. The predicted molar refractivity (Wildman–Crippen MR) is 87.3 cm³/mol. The van der Waals surface area contributed by atoms with E-state index in [9.17, 15) is 9.59 Å². The van der Waals surface area contributed by atoms with Gasteiger partial charge in [-0.25, -0.2) is 4.79 Å². The molecule has 0 spiro atoms. The number of imide groups is 1. The van der Waals surface area contributed by atoms with Gasteiger partial charge >= 0.3 is 6.03 Å². The largest absolute Gasteiger partial charge is 0.329 e. The molecule has 5 heteroatoms. The van der Waals surface area contributed by atoms with Crippen molar-refractivity contribution in [2.45, 2.75) is 12.5 Å². The molecule has 0 aliphatic carbocycles. The number of benzene rings is 2. The Morgan fingerprint density at radius 3 is 2.18 bits per heavy atom. The normalized spacial score (nSPS) is 18.3. The van der Waals surface area contributed by atoms with E-state index in [2.05, 4.69) is 5.32 Å². The molecule has 0 saturated carbocycles. The maximum Gasteiger partial charge on any atom is 0.329 e. The summed E-state index contributed by atoms with van der Waals surface area (Å²) in [5.74, 6) is -0.901. The van der Waals surface area contributed by atoms with Gasteiger partial charge < -0.3 is 5.32 Å². The summed E-state index contributed by atoms with van der Waals surface area (Å²) in [5.41, 5.74) is 1.68. The van der Waals surface area contributed by atoms with E-state index in [1.165, 1.54) is 4.90 Å². The van der Waals surface area contributed by atoms with Crippen molar-refractivity contribution in [3.8, 4) is 0 Å². The molecule has 0 radical (unpaired) electrons. The highest BCUT2D eigenvalue weighted by molar-refractivity contribution is 7.80. The van der Waals surface area contributed by atoms with Gasteiger partial charge in [0.1, 0.15) is 10.9 Å². The minimum Gasteiger partial charge on any atom is -0.301 e. The van der Waals surface area contributed by atoms with Gasteiger partial charge in [-0.1, -0.05) is 72.9 Å². The highest BCUT2D eigenvalue weighted by Gasteiger charge is 2.38. The molecule has 1 atom stereocenters. The van der Waals surface area contributed by atoms with Crippen LogP contribution in [0.25, 0.3) is 0 Å². The molecular weight excluding hydrogens is 296 g/mol. The van der Waals surface area contributed by atoms with Crippen molar-refractivity contribution in [1.29, 1.82) is 0 Å². The SMILES string of the molecule is O=C1NC(=S)C(c2ccccc2)C(=O)N1Cc1ccccc1. The highest BCUT2D eigenvalue weighted by Crippen LogP contribution is 2.24. The van der Waals surface area contributed by atoms with Crippen molar-refractivity contribution in [2.24, 2.45) is 0 Å². The van der Waals surface area contributed by atoms with Crippen molar-refractivity contribution >= 4 is 29.1 Å². The monoisotopic (exact) mass is 310 g/mol. The lowest BCUT2D eigenvalue weighted by Crippen LogP contribution is -2.55. The van der Waals surface area contributed by atoms with Gasteiger partial charge in [-0.05, 0) is 11.1 Å². The number of nitrogens with one attached hydrogen (secondary N) is 1. The summed E-state index contributed by atoms with van der Waals surface area (Å²) in [5, 5.41) is 2.63. The summed E-state index contributed by atoms with van der Waals surface area (Å²) in [6.45, 7) is 0.234. The third-order valence-electron chi connectivity index (χ3n) is 3.57. The first kappa shape index (κ1) is 14.4. The van der Waals surface area contributed by atoms with Gasteiger partial charge in [0.25, 0.3) is 0 Å². The van der Waals surface area contributed by atoms with Crippen LogP contribution in [0.1, 0.15) is 17.0 Å². The Balaban J connectivity index is 1.89. The van der Waals surface area contributed by atoms with Crippen molar-refractivity contribution in [3.05, 3.63) is 71.8 Å². The summed E-state index contributed by atoms with van der Waals surface area (Å²) < 4.78 is 0. The first-order valence-electron chi connectivity index (χ1n) is 6.92. The Bertz CT molecular complexity index is 716. The fourth-order valence-electron chi connectivity index (χ4n) is 2.47. The molecule has 2 aromatic carbocycles. The number of nitrogens with zero attached hydrogens (tertiary/aromatic N) is 1. The van der Waals surface area contributed by atoms with Gasteiger partial charge in [-0.2, -0.15) is 0 Å². The molecule has 22 heavy (non-hydrogen) atoms.